The molecule has 2 aromatic carbocycles. The first-order chi connectivity index (χ1) is 11.3. The molecule has 2 aliphatic heterocycles. The molecule has 6 nitrogen and oxygen atoms in total. The first-order valence-electron chi connectivity index (χ1n) is 7.11. The molecule has 2 aromatic rings. The van der Waals surface area contributed by atoms with E-state index in [4.69, 9.17) is 9.47 Å². The van der Waals surface area contributed by atoms with Crippen molar-refractivity contribution >= 4 is 23.6 Å². The number of para-hydroxylation sites is 1. The average Bonchev–Trinajstić information content (AvgIpc) is 3.15. The van der Waals surface area contributed by atoms with E-state index in [0.29, 0.717) is 23.2 Å². The molecule has 0 fully saturated rings. The summed E-state index contributed by atoms with van der Waals surface area (Å²) >= 11 is 0. The number of aliphatic imine (C=N–C) groups is 1. The number of amides is 1. The summed E-state index contributed by atoms with van der Waals surface area (Å²) in [5, 5.41) is 5.76. The van der Waals surface area contributed by atoms with Gasteiger partial charge >= 0.3 is 0 Å². The normalized spacial score (nSPS) is 17.1. The second kappa shape index (κ2) is 5.49. The van der Waals surface area contributed by atoms with Gasteiger partial charge < -0.3 is 14.8 Å². The van der Waals surface area contributed by atoms with E-state index in [9.17, 15) is 4.79 Å². The van der Waals surface area contributed by atoms with Crippen molar-refractivity contribution in [1.29, 1.82) is 0 Å². The third-order valence-electron chi connectivity index (χ3n) is 3.43. The van der Waals surface area contributed by atoms with E-state index in [1.807, 2.05) is 48.5 Å². The Bertz CT molecular complexity index is 828. The zero-order valence-corrected chi connectivity index (χ0v) is 12.1. The zero-order valence-electron chi connectivity index (χ0n) is 12.1. The largest absolute Gasteiger partial charge is 0.454 e. The van der Waals surface area contributed by atoms with Crippen LogP contribution in [0.15, 0.2) is 59.2 Å². The molecule has 0 bridgehead atoms. The van der Waals surface area contributed by atoms with Crippen LogP contribution in [0.4, 0.5) is 5.69 Å². The van der Waals surface area contributed by atoms with Crippen molar-refractivity contribution in [1.82, 2.24) is 5.32 Å². The van der Waals surface area contributed by atoms with Crippen LogP contribution in [0.2, 0.25) is 0 Å². The lowest BCUT2D eigenvalue weighted by Gasteiger charge is -2.03. The molecule has 0 aromatic heterocycles. The van der Waals surface area contributed by atoms with E-state index in [1.165, 1.54) is 0 Å². The minimum atomic E-state index is -0.249. The van der Waals surface area contributed by atoms with Gasteiger partial charge in [-0.15, -0.1) is 0 Å². The van der Waals surface area contributed by atoms with Crippen molar-refractivity contribution in [2.45, 2.75) is 0 Å². The molecular formula is C17H13N3O3. The van der Waals surface area contributed by atoms with Gasteiger partial charge in [-0.2, -0.15) is 0 Å². The molecule has 2 N–H and O–H groups in total. The van der Waals surface area contributed by atoms with Crippen molar-refractivity contribution in [2.75, 3.05) is 12.1 Å². The number of guanidine groups is 1. The van der Waals surface area contributed by atoms with Crippen LogP contribution in [-0.2, 0) is 4.79 Å². The van der Waals surface area contributed by atoms with Gasteiger partial charge in [0.2, 0.25) is 12.8 Å². The van der Waals surface area contributed by atoms with Gasteiger partial charge in [0.05, 0.1) is 0 Å². The lowest BCUT2D eigenvalue weighted by molar-refractivity contribution is -0.115. The first-order valence-corrected chi connectivity index (χ1v) is 7.11. The molecule has 0 saturated heterocycles. The predicted octanol–water partition coefficient (Wildman–Crippen LogP) is 2.35. The highest BCUT2D eigenvalue weighted by Gasteiger charge is 2.20. The molecule has 0 spiro atoms. The molecule has 4 rings (SSSR count). The summed E-state index contributed by atoms with van der Waals surface area (Å²) in [5.74, 6) is 1.54. The molecule has 6 heteroatoms. The van der Waals surface area contributed by atoms with Gasteiger partial charge in [0, 0.05) is 5.69 Å². The third kappa shape index (κ3) is 2.74. The van der Waals surface area contributed by atoms with Crippen LogP contribution in [0.3, 0.4) is 0 Å². The molecule has 0 radical (unpaired) electrons. The van der Waals surface area contributed by atoms with Crippen molar-refractivity contribution < 1.29 is 14.3 Å². The number of fused-ring (bicyclic) bond motifs is 1. The highest BCUT2D eigenvalue weighted by molar-refractivity contribution is 6.17. The van der Waals surface area contributed by atoms with E-state index in [0.717, 1.165) is 11.3 Å². The Morgan fingerprint density at radius 3 is 2.78 bits per heavy atom. The van der Waals surface area contributed by atoms with E-state index < -0.39 is 0 Å². The lowest BCUT2D eigenvalue weighted by atomic mass is 10.1. The van der Waals surface area contributed by atoms with Gasteiger partial charge in [0.15, 0.2) is 11.5 Å². The van der Waals surface area contributed by atoms with Gasteiger partial charge in [-0.3, -0.25) is 10.1 Å². The highest BCUT2D eigenvalue weighted by Crippen LogP contribution is 2.33. The number of carbonyl (C=O) groups excluding carboxylic acids is 1. The van der Waals surface area contributed by atoms with Crippen molar-refractivity contribution in [3.8, 4) is 11.5 Å². The highest BCUT2D eigenvalue weighted by atomic mass is 16.7. The fourth-order valence-corrected chi connectivity index (χ4v) is 2.35. The summed E-state index contributed by atoms with van der Waals surface area (Å²) < 4.78 is 10.6. The summed E-state index contributed by atoms with van der Waals surface area (Å²) in [6, 6.07) is 15.0. The molecule has 0 atom stereocenters. The van der Waals surface area contributed by atoms with Gasteiger partial charge in [-0.25, -0.2) is 4.99 Å². The zero-order chi connectivity index (χ0) is 15.6. The summed E-state index contributed by atoms with van der Waals surface area (Å²) in [6.45, 7) is 0.221. The Balaban J connectivity index is 1.57. The average molecular weight is 307 g/mol. The molecular weight excluding hydrogens is 294 g/mol. The van der Waals surface area contributed by atoms with Crippen LogP contribution in [0, 0.1) is 0 Å². The second-order valence-electron chi connectivity index (χ2n) is 5.05. The fraction of sp³-hybridized carbons (Fsp3) is 0.0588. The predicted molar refractivity (Wildman–Crippen MR) is 86.2 cm³/mol. The molecule has 114 valence electrons. The monoisotopic (exact) mass is 307 g/mol. The number of rotatable bonds is 2. The molecule has 2 aliphatic rings. The Morgan fingerprint density at radius 2 is 1.91 bits per heavy atom. The number of anilines is 1. The van der Waals surface area contributed by atoms with Crippen LogP contribution in [0.25, 0.3) is 6.08 Å². The van der Waals surface area contributed by atoms with Gasteiger partial charge in [0.1, 0.15) is 5.70 Å². The molecule has 1 amide bonds. The van der Waals surface area contributed by atoms with E-state index in [1.54, 1.807) is 6.08 Å². The maximum Gasteiger partial charge on any atom is 0.276 e. The Morgan fingerprint density at radius 1 is 1.09 bits per heavy atom. The van der Waals surface area contributed by atoms with Crippen LogP contribution >= 0.6 is 0 Å². The van der Waals surface area contributed by atoms with Gasteiger partial charge in [-0.1, -0.05) is 24.3 Å². The van der Waals surface area contributed by atoms with Crippen LogP contribution in [0.5, 0.6) is 11.5 Å². The maximum absolute atomic E-state index is 12.0. The maximum atomic E-state index is 12.0. The van der Waals surface area contributed by atoms with Crippen molar-refractivity contribution in [2.24, 2.45) is 4.99 Å². The second-order valence-corrected chi connectivity index (χ2v) is 5.05. The number of benzene rings is 2. The summed E-state index contributed by atoms with van der Waals surface area (Å²) in [4.78, 5) is 16.3. The van der Waals surface area contributed by atoms with Crippen LogP contribution < -0.4 is 20.1 Å². The minimum absolute atomic E-state index is 0.221. The van der Waals surface area contributed by atoms with E-state index in [2.05, 4.69) is 15.6 Å². The Kier molecular flexibility index (Phi) is 3.20. The lowest BCUT2D eigenvalue weighted by Crippen LogP contribution is -2.29. The van der Waals surface area contributed by atoms with Crippen molar-refractivity contribution in [3.05, 3.63) is 59.8 Å². The van der Waals surface area contributed by atoms with E-state index >= 15 is 0 Å². The number of hydrogen-bond acceptors (Lipinski definition) is 5. The standard InChI is InChI=1S/C17H13N3O3/c21-16-13(8-11-6-7-14-15(9-11)23-10-22-14)19-17(20-16)18-12-4-2-1-3-5-12/h1-9H,10H2,(H2,18,19,20,21)/b13-8-. The first kappa shape index (κ1) is 13.4. The SMILES string of the molecule is O=C1NC(Nc2ccccc2)=N/C1=C\c1ccc2c(c1)OCO2. The molecule has 23 heavy (non-hydrogen) atoms. The Labute approximate surface area is 132 Å². The number of ether oxygens (including phenoxy) is 2. The summed E-state index contributed by atoms with van der Waals surface area (Å²) in [6.07, 6.45) is 1.71. The number of carbonyl (C=O) groups is 1. The quantitative estimate of drug-likeness (QED) is 0.836. The third-order valence-corrected chi connectivity index (χ3v) is 3.43. The number of nitrogens with zero attached hydrogens (tertiary/aromatic N) is 1. The van der Waals surface area contributed by atoms with Gasteiger partial charge in [0.25, 0.3) is 5.91 Å². The van der Waals surface area contributed by atoms with Crippen LogP contribution in [-0.4, -0.2) is 18.7 Å². The smallest absolute Gasteiger partial charge is 0.276 e. The van der Waals surface area contributed by atoms with Crippen LogP contribution in [0.1, 0.15) is 5.56 Å². The van der Waals surface area contributed by atoms with E-state index in [-0.39, 0.29) is 12.7 Å². The topological polar surface area (TPSA) is 72.0 Å². The summed E-state index contributed by atoms with van der Waals surface area (Å²) in [7, 11) is 0. The molecule has 0 unspecified atom stereocenters. The van der Waals surface area contributed by atoms with Crippen molar-refractivity contribution in [3.63, 3.8) is 0 Å². The molecule has 0 aliphatic carbocycles. The van der Waals surface area contributed by atoms with Gasteiger partial charge in [-0.05, 0) is 35.9 Å². The minimum Gasteiger partial charge on any atom is -0.454 e. The fourth-order valence-electron chi connectivity index (χ4n) is 2.35. The number of hydrogen-bond donors (Lipinski definition) is 2. The summed E-state index contributed by atoms with van der Waals surface area (Å²) in [5.41, 5.74) is 2.02. The molecule has 2 heterocycles. The molecule has 0 saturated carbocycles. The Hall–Kier alpha value is -3.28. The number of nitrogens with one attached hydrogen (secondary N) is 2.